The van der Waals surface area contributed by atoms with Crippen molar-refractivity contribution >= 4 is 33.4 Å². The van der Waals surface area contributed by atoms with Gasteiger partial charge in [-0.1, -0.05) is 23.4 Å². The number of halogens is 2. The first-order valence-corrected chi connectivity index (χ1v) is 5.45. The van der Waals surface area contributed by atoms with Crippen molar-refractivity contribution in [2.75, 3.05) is 6.54 Å². The highest BCUT2D eigenvalue weighted by Gasteiger charge is 1.96. The van der Waals surface area contributed by atoms with E-state index >= 15 is 0 Å². The van der Waals surface area contributed by atoms with Crippen LogP contribution in [0.15, 0.2) is 22.7 Å². The fourth-order valence-corrected chi connectivity index (χ4v) is 1.42. The molecule has 1 rings (SSSR count). The summed E-state index contributed by atoms with van der Waals surface area (Å²) in [4.78, 5) is 10.6. The van der Waals surface area contributed by atoms with Crippen LogP contribution in [0.4, 0.5) is 0 Å². The number of hydrogen-bond acceptors (Lipinski definition) is 1. The smallest absolute Gasteiger partial charge is 0.217 e. The molecule has 0 aliphatic rings. The van der Waals surface area contributed by atoms with E-state index in [1.165, 1.54) is 6.92 Å². The normalized spacial score (nSPS) is 9.00. The van der Waals surface area contributed by atoms with Gasteiger partial charge in [0.15, 0.2) is 0 Å². The van der Waals surface area contributed by atoms with Gasteiger partial charge in [0.05, 0.1) is 6.54 Å². The van der Waals surface area contributed by atoms with Gasteiger partial charge in [-0.15, -0.1) is 0 Å². The monoisotopic (exact) mass is 285 g/mol. The Kier molecular flexibility index (Phi) is 4.67. The lowest BCUT2D eigenvalue weighted by molar-refractivity contribution is -0.118. The number of carbonyl (C=O) groups excluding carboxylic acids is 1. The minimum atomic E-state index is -0.0885. The first-order valence-electron chi connectivity index (χ1n) is 4.28. The zero-order valence-corrected chi connectivity index (χ0v) is 10.4. The van der Waals surface area contributed by atoms with Crippen LogP contribution >= 0.6 is 27.5 Å². The van der Waals surface area contributed by atoms with Crippen molar-refractivity contribution in [3.8, 4) is 11.8 Å². The summed E-state index contributed by atoms with van der Waals surface area (Å²) in [6.07, 6.45) is 0. The first-order chi connectivity index (χ1) is 7.09. The van der Waals surface area contributed by atoms with Crippen molar-refractivity contribution in [2.24, 2.45) is 0 Å². The van der Waals surface area contributed by atoms with E-state index in [-0.39, 0.29) is 5.91 Å². The lowest BCUT2D eigenvalue weighted by Gasteiger charge is -1.96. The molecular formula is C11H9BrClNO. The standard InChI is InChI=1S/C11H9BrClNO/c1-8(15)14-6-2-3-9-7-10(13)4-5-11(9)12/h4-5,7H,6H2,1H3,(H,14,15). The van der Waals surface area contributed by atoms with Crippen LogP contribution < -0.4 is 5.32 Å². The van der Waals surface area contributed by atoms with E-state index < -0.39 is 0 Å². The Morgan fingerprint density at radius 2 is 2.33 bits per heavy atom. The Morgan fingerprint density at radius 1 is 1.60 bits per heavy atom. The molecule has 0 unspecified atom stereocenters. The second-order valence-electron chi connectivity index (χ2n) is 2.84. The Hall–Kier alpha value is -0.980. The Bertz CT molecular complexity index is 434. The molecule has 0 aliphatic carbocycles. The van der Waals surface area contributed by atoms with Crippen molar-refractivity contribution < 1.29 is 4.79 Å². The van der Waals surface area contributed by atoms with Crippen LogP contribution in [-0.4, -0.2) is 12.5 Å². The quantitative estimate of drug-likeness (QED) is 0.790. The Labute approximate surface area is 102 Å². The van der Waals surface area contributed by atoms with Crippen molar-refractivity contribution in [1.29, 1.82) is 0 Å². The molecular weight excluding hydrogens is 277 g/mol. The van der Waals surface area contributed by atoms with Gasteiger partial charge in [0.25, 0.3) is 0 Å². The molecule has 1 amide bonds. The highest BCUT2D eigenvalue weighted by molar-refractivity contribution is 9.10. The molecule has 4 heteroatoms. The number of benzene rings is 1. The fourth-order valence-electron chi connectivity index (χ4n) is 0.901. The molecule has 1 aromatic rings. The summed E-state index contributed by atoms with van der Waals surface area (Å²) in [5.74, 6) is 5.66. The van der Waals surface area contributed by atoms with Crippen LogP contribution in [0.2, 0.25) is 5.02 Å². The van der Waals surface area contributed by atoms with Gasteiger partial charge in [0.1, 0.15) is 0 Å². The molecule has 0 fully saturated rings. The maximum atomic E-state index is 10.6. The molecule has 0 bridgehead atoms. The Morgan fingerprint density at radius 3 is 3.00 bits per heavy atom. The molecule has 0 heterocycles. The van der Waals surface area contributed by atoms with Crippen molar-refractivity contribution in [3.05, 3.63) is 33.3 Å². The second-order valence-corrected chi connectivity index (χ2v) is 4.13. The molecule has 0 aliphatic heterocycles. The van der Waals surface area contributed by atoms with E-state index in [0.717, 1.165) is 10.0 Å². The van der Waals surface area contributed by atoms with Gasteiger partial charge in [0, 0.05) is 22.0 Å². The van der Waals surface area contributed by atoms with Crippen LogP contribution in [0.25, 0.3) is 0 Å². The lowest BCUT2D eigenvalue weighted by atomic mass is 10.2. The predicted molar refractivity (Wildman–Crippen MR) is 64.7 cm³/mol. The molecule has 0 saturated heterocycles. The van der Waals surface area contributed by atoms with Crippen LogP contribution in [0.5, 0.6) is 0 Å². The minimum absolute atomic E-state index is 0.0885. The third kappa shape index (κ3) is 4.37. The number of rotatable bonds is 1. The van der Waals surface area contributed by atoms with Gasteiger partial charge in [-0.3, -0.25) is 4.79 Å². The average Bonchev–Trinajstić information content (AvgIpc) is 2.17. The molecule has 15 heavy (non-hydrogen) atoms. The minimum Gasteiger partial charge on any atom is -0.345 e. The summed E-state index contributed by atoms with van der Waals surface area (Å²) < 4.78 is 0.891. The van der Waals surface area contributed by atoms with Gasteiger partial charge in [0.2, 0.25) is 5.91 Å². The molecule has 0 spiro atoms. The van der Waals surface area contributed by atoms with E-state index in [0.29, 0.717) is 11.6 Å². The zero-order valence-electron chi connectivity index (χ0n) is 8.10. The van der Waals surface area contributed by atoms with Crippen molar-refractivity contribution in [1.82, 2.24) is 5.32 Å². The summed E-state index contributed by atoms with van der Waals surface area (Å²) >= 11 is 9.18. The van der Waals surface area contributed by atoms with E-state index in [9.17, 15) is 4.79 Å². The maximum Gasteiger partial charge on any atom is 0.217 e. The van der Waals surface area contributed by atoms with Gasteiger partial charge >= 0.3 is 0 Å². The van der Waals surface area contributed by atoms with E-state index in [1.54, 1.807) is 12.1 Å². The summed E-state index contributed by atoms with van der Waals surface area (Å²) in [7, 11) is 0. The fraction of sp³-hybridized carbons (Fsp3) is 0.182. The lowest BCUT2D eigenvalue weighted by Crippen LogP contribution is -2.19. The molecule has 0 radical (unpaired) electrons. The first kappa shape index (κ1) is 12.1. The summed E-state index contributed by atoms with van der Waals surface area (Å²) in [6.45, 7) is 1.80. The van der Waals surface area contributed by atoms with E-state index in [4.69, 9.17) is 11.6 Å². The largest absolute Gasteiger partial charge is 0.345 e. The van der Waals surface area contributed by atoms with Crippen LogP contribution in [0.1, 0.15) is 12.5 Å². The van der Waals surface area contributed by atoms with Crippen molar-refractivity contribution in [3.63, 3.8) is 0 Å². The SMILES string of the molecule is CC(=O)NCC#Cc1cc(Cl)ccc1Br. The van der Waals surface area contributed by atoms with Gasteiger partial charge in [-0.05, 0) is 34.1 Å². The number of nitrogens with one attached hydrogen (secondary N) is 1. The maximum absolute atomic E-state index is 10.6. The number of carbonyl (C=O) groups is 1. The topological polar surface area (TPSA) is 29.1 Å². The summed E-state index contributed by atoms with van der Waals surface area (Å²) in [5, 5.41) is 3.23. The average molecular weight is 287 g/mol. The van der Waals surface area contributed by atoms with Gasteiger partial charge in [-0.25, -0.2) is 0 Å². The molecule has 0 saturated carbocycles. The third-order valence-corrected chi connectivity index (χ3v) is 2.50. The molecule has 78 valence electrons. The second kappa shape index (κ2) is 5.79. The highest BCUT2D eigenvalue weighted by Crippen LogP contribution is 2.19. The van der Waals surface area contributed by atoms with Gasteiger partial charge in [-0.2, -0.15) is 0 Å². The predicted octanol–water partition coefficient (Wildman–Crippen LogP) is 2.59. The third-order valence-electron chi connectivity index (χ3n) is 1.58. The Balaban J connectivity index is 2.71. The van der Waals surface area contributed by atoms with E-state index in [2.05, 4.69) is 33.1 Å². The zero-order chi connectivity index (χ0) is 11.3. The number of hydrogen-bond donors (Lipinski definition) is 1. The van der Waals surface area contributed by atoms with Gasteiger partial charge < -0.3 is 5.32 Å². The van der Waals surface area contributed by atoms with E-state index in [1.807, 2.05) is 6.07 Å². The van der Waals surface area contributed by atoms with Crippen molar-refractivity contribution in [2.45, 2.75) is 6.92 Å². The molecule has 0 atom stereocenters. The van der Waals surface area contributed by atoms with Crippen LogP contribution in [0, 0.1) is 11.8 Å². The highest BCUT2D eigenvalue weighted by atomic mass is 79.9. The molecule has 2 nitrogen and oxygen atoms in total. The molecule has 1 aromatic carbocycles. The van der Waals surface area contributed by atoms with Crippen LogP contribution in [-0.2, 0) is 4.79 Å². The molecule has 0 aromatic heterocycles. The molecule has 1 N–H and O–H groups in total. The summed E-state index contributed by atoms with van der Waals surface area (Å²) in [6, 6.07) is 5.39. The number of amides is 1. The van der Waals surface area contributed by atoms with Crippen LogP contribution in [0.3, 0.4) is 0 Å². The summed E-state index contributed by atoms with van der Waals surface area (Å²) in [5.41, 5.74) is 0.813.